The smallest absolute Gasteiger partial charge is 0.260 e. The maximum Gasteiger partial charge on any atom is 0.260 e. The molecule has 8 nitrogen and oxygen atoms in total. The summed E-state index contributed by atoms with van der Waals surface area (Å²) in [4.78, 5) is 25.6. The van der Waals surface area contributed by atoms with E-state index >= 15 is 0 Å². The van der Waals surface area contributed by atoms with Gasteiger partial charge in [0.2, 0.25) is 5.95 Å². The summed E-state index contributed by atoms with van der Waals surface area (Å²) in [6, 6.07) is 5.64. The van der Waals surface area contributed by atoms with Crippen LogP contribution in [0.5, 0.6) is 5.75 Å². The van der Waals surface area contributed by atoms with E-state index in [2.05, 4.69) is 10.1 Å². The number of carbonyl (C=O) groups is 1. The summed E-state index contributed by atoms with van der Waals surface area (Å²) in [5, 5.41) is 4.27. The molecule has 162 valence electrons. The van der Waals surface area contributed by atoms with Gasteiger partial charge in [-0.05, 0) is 30.7 Å². The standard InChI is InChI=1S/C22H25FN6O2/c1-27(2)22-24-11-19(16-10-25-28(3)12-16)21(26-22)15-8-9-29(13-15)20(30)14-31-18-6-4-17(23)5-7-18/h4-7,10-12,15H,8-9,13-14H2,1-3H3/t15-/m1/s1. The molecule has 0 saturated carbocycles. The van der Waals surface area contributed by atoms with Crippen LogP contribution >= 0.6 is 0 Å². The van der Waals surface area contributed by atoms with Crippen molar-refractivity contribution >= 4 is 11.9 Å². The zero-order valence-corrected chi connectivity index (χ0v) is 17.8. The Morgan fingerprint density at radius 3 is 2.71 bits per heavy atom. The Hall–Kier alpha value is -3.49. The molecule has 2 aromatic heterocycles. The Balaban J connectivity index is 1.49. The van der Waals surface area contributed by atoms with Crippen LogP contribution < -0.4 is 9.64 Å². The maximum absolute atomic E-state index is 13.0. The van der Waals surface area contributed by atoms with Gasteiger partial charge in [-0.2, -0.15) is 5.10 Å². The molecule has 0 bridgehead atoms. The molecule has 1 atom stereocenters. The number of benzene rings is 1. The molecular formula is C22H25FN6O2. The number of anilines is 1. The quantitative estimate of drug-likeness (QED) is 0.605. The van der Waals surface area contributed by atoms with E-state index in [1.807, 2.05) is 38.4 Å². The lowest BCUT2D eigenvalue weighted by Crippen LogP contribution is -2.33. The topological polar surface area (TPSA) is 76.4 Å². The molecule has 3 aromatic rings. The van der Waals surface area contributed by atoms with Crippen LogP contribution in [-0.4, -0.2) is 64.3 Å². The van der Waals surface area contributed by atoms with E-state index < -0.39 is 0 Å². The van der Waals surface area contributed by atoms with Crippen molar-refractivity contribution in [1.82, 2.24) is 24.6 Å². The first kappa shape index (κ1) is 20.8. The third-order valence-corrected chi connectivity index (χ3v) is 5.33. The van der Waals surface area contributed by atoms with Crippen LogP contribution in [0.2, 0.25) is 0 Å². The second kappa shape index (κ2) is 8.71. The van der Waals surface area contributed by atoms with Crippen molar-refractivity contribution < 1.29 is 13.9 Å². The molecule has 3 heterocycles. The molecule has 1 aromatic carbocycles. The minimum atomic E-state index is -0.340. The molecule has 31 heavy (non-hydrogen) atoms. The monoisotopic (exact) mass is 424 g/mol. The SMILES string of the molecule is CN(C)c1ncc(-c2cnn(C)c2)c([C@@H]2CCN(C(=O)COc3ccc(F)cc3)C2)n1. The molecule has 0 unspecified atom stereocenters. The molecule has 4 rings (SSSR count). The molecule has 0 N–H and O–H groups in total. The van der Waals surface area contributed by atoms with E-state index in [4.69, 9.17) is 9.72 Å². The lowest BCUT2D eigenvalue weighted by atomic mass is 9.97. The number of aromatic nitrogens is 4. The number of nitrogens with zero attached hydrogens (tertiary/aromatic N) is 6. The van der Waals surface area contributed by atoms with Gasteiger partial charge in [0, 0.05) is 63.7 Å². The van der Waals surface area contributed by atoms with Crippen molar-refractivity contribution in [2.45, 2.75) is 12.3 Å². The lowest BCUT2D eigenvalue weighted by Gasteiger charge is -2.19. The number of likely N-dealkylation sites (tertiary alicyclic amines) is 1. The van der Waals surface area contributed by atoms with Gasteiger partial charge in [0.1, 0.15) is 11.6 Å². The highest BCUT2D eigenvalue weighted by atomic mass is 19.1. The van der Waals surface area contributed by atoms with Gasteiger partial charge < -0.3 is 14.5 Å². The molecule has 1 fully saturated rings. The summed E-state index contributed by atoms with van der Waals surface area (Å²) >= 11 is 0. The molecule has 1 saturated heterocycles. The second-order valence-corrected chi connectivity index (χ2v) is 7.83. The second-order valence-electron chi connectivity index (χ2n) is 7.83. The van der Waals surface area contributed by atoms with Crippen molar-refractivity contribution in [2.75, 3.05) is 38.7 Å². The predicted octanol–water partition coefficient (Wildman–Crippen LogP) is 2.48. The Bertz CT molecular complexity index is 1070. The van der Waals surface area contributed by atoms with Gasteiger partial charge in [-0.25, -0.2) is 14.4 Å². The van der Waals surface area contributed by atoms with Gasteiger partial charge in [0.15, 0.2) is 6.61 Å². The molecule has 0 spiro atoms. The first-order valence-electron chi connectivity index (χ1n) is 10.1. The number of rotatable bonds is 6. The van der Waals surface area contributed by atoms with Crippen molar-refractivity contribution in [1.29, 1.82) is 0 Å². The Labute approximate surface area is 180 Å². The minimum absolute atomic E-state index is 0.0828. The number of hydrogen-bond donors (Lipinski definition) is 0. The van der Waals surface area contributed by atoms with Crippen molar-refractivity contribution in [3.05, 3.63) is 54.4 Å². The van der Waals surface area contributed by atoms with Crippen molar-refractivity contribution in [3.63, 3.8) is 0 Å². The minimum Gasteiger partial charge on any atom is -0.484 e. The normalized spacial score (nSPS) is 15.9. The number of ether oxygens (including phenoxy) is 1. The maximum atomic E-state index is 13.0. The largest absolute Gasteiger partial charge is 0.484 e. The number of amides is 1. The zero-order valence-electron chi connectivity index (χ0n) is 17.8. The summed E-state index contributed by atoms with van der Waals surface area (Å²) in [5.74, 6) is 0.749. The summed E-state index contributed by atoms with van der Waals surface area (Å²) in [6.45, 7) is 1.10. The van der Waals surface area contributed by atoms with Gasteiger partial charge in [-0.3, -0.25) is 9.48 Å². The van der Waals surface area contributed by atoms with Crippen molar-refractivity contribution in [3.8, 4) is 16.9 Å². The van der Waals surface area contributed by atoms with E-state index in [1.54, 1.807) is 15.8 Å². The predicted molar refractivity (Wildman–Crippen MR) is 114 cm³/mol. The zero-order chi connectivity index (χ0) is 22.0. The van der Waals surface area contributed by atoms with Crippen LogP contribution in [0, 0.1) is 5.82 Å². The van der Waals surface area contributed by atoms with Crippen LogP contribution in [0.25, 0.3) is 11.1 Å². The van der Waals surface area contributed by atoms with E-state index in [1.165, 1.54) is 24.3 Å². The highest BCUT2D eigenvalue weighted by Gasteiger charge is 2.31. The summed E-state index contributed by atoms with van der Waals surface area (Å²) in [6.07, 6.45) is 6.37. The Morgan fingerprint density at radius 1 is 1.26 bits per heavy atom. The summed E-state index contributed by atoms with van der Waals surface area (Å²) in [5.41, 5.74) is 2.80. The first-order chi connectivity index (χ1) is 14.9. The van der Waals surface area contributed by atoms with E-state index in [9.17, 15) is 9.18 Å². The van der Waals surface area contributed by atoms with Gasteiger partial charge in [0.05, 0.1) is 11.9 Å². The number of hydrogen-bond acceptors (Lipinski definition) is 6. The van der Waals surface area contributed by atoms with Crippen LogP contribution in [-0.2, 0) is 11.8 Å². The fourth-order valence-corrected chi connectivity index (χ4v) is 3.67. The Morgan fingerprint density at radius 2 is 2.03 bits per heavy atom. The van der Waals surface area contributed by atoms with Gasteiger partial charge in [-0.15, -0.1) is 0 Å². The average molecular weight is 424 g/mol. The number of halogens is 1. The van der Waals surface area contributed by atoms with Crippen molar-refractivity contribution in [2.24, 2.45) is 7.05 Å². The number of carbonyl (C=O) groups excluding carboxylic acids is 1. The fourth-order valence-electron chi connectivity index (χ4n) is 3.67. The van der Waals surface area contributed by atoms with Crippen LogP contribution in [0.1, 0.15) is 18.0 Å². The molecule has 9 heteroatoms. The van der Waals surface area contributed by atoms with Crippen LogP contribution in [0.15, 0.2) is 42.9 Å². The molecular weight excluding hydrogens is 399 g/mol. The third kappa shape index (κ3) is 4.65. The fraction of sp³-hybridized carbons (Fsp3) is 0.364. The average Bonchev–Trinajstić information content (AvgIpc) is 3.42. The van der Waals surface area contributed by atoms with Crippen LogP contribution in [0.3, 0.4) is 0 Å². The summed E-state index contributed by atoms with van der Waals surface area (Å²) < 4.78 is 20.3. The third-order valence-electron chi connectivity index (χ3n) is 5.33. The van der Waals surface area contributed by atoms with E-state index in [0.29, 0.717) is 24.8 Å². The molecule has 1 aliphatic heterocycles. The lowest BCUT2D eigenvalue weighted by molar-refractivity contribution is -0.132. The molecule has 0 radical (unpaired) electrons. The van der Waals surface area contributed by atoms with Crippen LogP contribution in [0.4, 0.5) is 10.3 Å². The Kier molecular flexibility index (Phi) is 5.83. The molecule has 1 aliphatic rings. The molecule has 1 amide bonds. The van der Waals surface area contributed by atoms with Gasteiger partial charge >= 0.3 is 0 Å². The summed E-state index contributed by atoms with van der Waals surface area (Å²) in [7, 11) is 5.68. The van der Waals surface area contributed by atoms with E-state index in [0.717, 1.165) is 23.2 Å². The highest BCUT2D eigenvalue weighted by molar-refractivity contribution is 5.78. The molecule has 0 aliphatic carbocycles. The van der Waals surface area contributed by atoms with Gasteiger partial charge in [-0.1, -0.05) is 0 Å². The number of aryl methyl sites for hydroxylation is 1. The van der Waals surface area contributed by atoms with E-state index in [-0.39, 0.29) is 24.2 Å². The highest BCUT2D eigenvalue weighted by Crippen LogP contribution is 2.34. The van der Waals surface area contributed by atoms with Gasteiger partial charge in [0.25, 0.3) is 5.91 Å². The first-order valence-corrected chi connectivity index (χ1v) is 10.1.